The van der Waals surface area contributed by atoms with E-state index >= 15 is 0 Å². The van der Waals surface area contributed by atoms with E-state index in [9.17, 15) is 8.42 Å². The van der Waals surface area contributed by atoms with E-state index < -0.39 is 9.84 Å². The lowest BCUT2D eigenvalue weighted by atomic mass is 10.3. The molecule has 8 heteroatoms. The Morgan fingerprint density at radius 1 is 1.35 bits per heavy atom. The van der Waals surface area contributed by atoms with Gasteiger partial charge in [0.25, 0.3) is 0 Å². The highest BCUT2D eigenvalue weighted by Crippen LogP contribution is 1.98. The number of thioether (sulfide) groups is 1. The van der Waals surface area contributed by atoms with Gasteiger partial charge in [0, 0.05) is 25.9 Å². The van der Waals surface area contributed by atoms with Crippen molar-refractivity contribution in [3.8, 4) is 0 Å². The van der Waals surface area contributed by atoms with Crippen LogP contribution in [0.3, 0.4) is 0 Å². The number of halogens is 1. The van der Waals surface area contributed by atoms with Crippen LogP contribution in [0.2, 0.25) is 0 Å². The molecule has 2 N–H and O–H groups in total. The van der Waals surface area contributed by atoms with Gasteiger partial charge in [-0.2, -0.15) is 11.8 Å². The standard InChI is InChI=1S/C12H27N3O2S2.HI/c1-11(7-10-19(4,16)17)15-12(13-2)14-8-5-6-9-18-3;/h11H,5-10H2,1-4H3,(H2,13,14,15);1H. The monoisotopic (exact) mass is 437 g/mol. The number of sulfone groups is 1. The predicted octanol–water partition coefficient (Wildman–Crippen LogP) is 1.74. The third-order valence-corrected chi connectivity index (χ3v) is 4.27. The summed E-state index contributed by atoms with van der Waals surface area (Å²) in [7, 11) is -1.17. The smallest absolute Gasteiger partial charge is 0.191 e. The van der Waals surface area contributed by atoms with Crippen molar-refractivity contribution in [1.82, 2.24) is 10.6 Å². The molecule has 0 saturated carbocycles. The SMILES string of the molecule is CN=C(NCCCCSC)NC(C)CCS(C)(=O)=O.I. The minimum absolute atomic E-state index is 0. The van der Waals surface area contributed by atoms with E-state index in [2.05, 4.69) is 21.9 Å². The zero-order chi connectivity index (χ0) is 14.7. The van der Waals surface area contributed by atoms with E-state index in [0.29, 0.717) is 6.42 Å². The molecule has 20 heavy (non-hydrogen) atoms. The molecular formula is C12H28IN3O2S2. The van der Waals surface area contributed by atoms with Gasteiger partial charge in [-0.05, 0) is 38.2 Å². The van der Waals surface area contributed by atoms with Crippen LogP contribution in [0.4, 0.5) is 0 Å². The third kappa shape index (κ3) is 14.7. The van der Waals surface area contributed by atoms with Gasteiger partial charge in [0.05, 0.1) is 5.75 Å². The van der Waals surface area contributed by atoms with Crippen molar-refractivity contribution in [2.45, 2.75) is 32.2 Å². The number of nitrogens with one attached hydrogen (secondary N) is 2. The van der Waals surface area contributed by atoms with Crippen LogP contribution in [-0.2, 0) is 9.84 Å². The second-order valence-corrected chi connectivity index (χ2v) is 7.91. The quantitative estimate of drug-likeness (QED) is 0.249. The molecule has 0 aromatic rings. The Balaban J connectivity index is 0. The lowest BCUT2D eigenvalue weighted by Gasteiger charge is -2.17. The average molecular weight is 437 g/mol. The highest BCUT2D eigenvalue weighted by atomic mass is 127. The molecule has 0 aliphatic carbocycles. The van der Waals surface area contributed by atoms with Gasteiger partial charge in [-0.15, -0.1) is 24.0 Å². The maximum Gasteiger partial charge on any atom is 0.191 e. The van der Waals surface area contributed by atoms with Gasteiger partial charge in [0.1, 0.15) is 9.84 Å². The molecule has 5 nitrogen and oxygen atoms in total. The topological polar surface area (TPSA) is 70.6 Å². The van der Waals surface area contributed by atoms with E-state index in [-0.39, 0.29) is 35.8 Å². The molecule has 0 radical (unpaired) electrons. The molecule has 0 aromatic heterocycles. The maximum absolute atomic E-state index is 11.1. The van der Waals surface area contributed by atoms with Crippen LogP contribution in [0.1, 0.15) is 26.2 Å². The van der Waals surface area contributed by atoms with Crippen molar-refractivity contribution in [3.05, 3.63) is 0 Å². The van der Waals surface area contributed by atoms with Gasteiger partial charge < -0.3 is 10.6 Å². The van der Waals surface area contributed by atoms with Crippen LogP contribution >= 0.6 is 35.7 Å². The fourth-order valence-electron chi connectivity index (χ4n) is 1.47. The Hall–Kier alpha value is 0.300. The number of hydrogen-bond acceptors (Lipinski definition) is 4. The van der Waals surface area contributed by atoms with Crippen LogP contribution in [0, 0.1) is 0 Å². The van der Waals surface area contributed by atoms with Gasteiger partial charge in [-0.1, -0.05) is 0 Å². The summed E-state index contributed by atoms with van der Waals surface area (Å²) in [5, 5.41) is 6.44. The molecule has 0 fully saturated rings. The summed E-state index contributed by atoms with van der Waals surface area (Å²) in [6.45, 7) is 2.85. The Morgan fingerprint density at radius 2 is 2.00 bits per heavy atom. The Morgan fingerprint density at radius 3 is 2.50 bits per heavy atom. The van der Waals surface area contributed by atoms with Crippen molar-refractivity contribution < 1.29 is 8.42 Å². The highest BCUT2D eigenvalue weighted by molar-refractivity contribution is 14.0. The fraction of sp³-hybridized carbons (Fsp3) is 0.917. The molecular weight excluding hydrogens is 409 g/mol. The molecule has 0 aromatic carbocycles. The van der Waals surface area contributed by atoms with Gasteiger partial charge in [-0.25, -0.2) is 8.42 Å². The van der Waals surface area contributed by atoms with Crippen LogP contribution in [0.15, 0.2) is 4.99 Å². The van der Waals surface area contributed by atoms with Crippen LogP contribution in [0.5, 0.6) is 0 Å². The first kappa shape index (κ1) is 22.6. The predicted molar refractivity (Wildman–Crippen MR) is 101 cm³/mol. The number of unbranched alkanes of at least 4 members (excludes halogenated alkanes) is 1. The van der Waals surface area contributed by atoms with Crippen LogP contribution < -0.4 is 10.6 Å². The van der Waals surface area contributed by atoms with Crippen molar-refractivity contribution in [3.63, 3.8) is 0 Å². The largest absolute Gasteiger partial charge is 0.356 e. The third-order valence-electron chi connectivity index (χ3n) is 2.60. The number of rotatable bonds is 9. The molecule has 0 saturated heterocycles. The van der Waals surface area contributed by atoms with E-state index in [1.165, 1.54) is 18.4 Å². The maximum atomic E-state index is 11.1. The summed E-state index contributed by atoms with van der Waals surface area (Å²) in [5.41, 5.74) is 0. The minimum atomic E-state index is -2.89. The van der Waals surface area contributed by atoms with Gasteiger partial charge >= 0.3 is 0 Å². The lowest BCUT2D eigenvalue weighted by Crippen LogP contribution is -2.43. The molecule has 0 heterocycles. The van der Waals surface area contributed by atoms with Crippen LogP contribution in [-0.4, -0.2) is 58.0 Å². The number of hydrogen-bond donors (Lipinski definition) is 2. The summed E-state index contributed by atoms with van der Waals surface area (Å²) in [6, 6.07) is 0.0899. The minimum Gasteiger partial charge on any atom is -0.356 e. The summed E-state index contributed by atoms with van der Waals surface area (Å²) >= 11 is 1.86. The van der Waals surface area contributed by atoms with E-state index in [1.807, 2.05) is 18.7 Å². The average Bonchev–Trinajstić information content (AvgIpc) is 2.34. The van der Waals surface area contributed by atoms with Crippen LogP contribution in [0.25, 0.3) is 0 Å². The molecule has 1 unspecified atom stereocenters. The van der Waals surface area contributed by atoms with E-state index in [0.717, 1.165) is 18.9 Å². The first-order valence-electron chi connectivity index (χ1n) is 6.53. The van der Waals surface area contributed by atoms with Crippen molar-refractivity contribution in [2.75, 3.05) is 37.6 Å². The summed E-state index contributed by atoms with van der Waals surface area (Å²) < 4.78 is 22.2. The molecule has 0 amide bonds. The molecule has 0 bridgehead atoms. The second-order valence-electron chi connectivity index (χ2n) is 4.66. The fourth-order valence-corrected chi connectivity index (χ4v) is 2.74. The highest BCUT2D eigenvalue weighted by Gasteiger charge is 2.09. The first-order chi connectivity index (χ1) is 8.89. The van der Waals surface area contributed by atoms with Gasteiger partial charge in [0.15, 0.2) is 5.96 Å². The molecule has 0 spiro atoms. The molecule has 0 aliphatic rings. The summed E-state index contributed by atoms with van der Waals surface area (Å²) in [5.74, 6) is 2.12. The van der Waals surface area contributed by atoms with Crippen molar-refractivity contribution >= 4 is 51.5 Å². The van der Waals surface area contributed by atoms with Gasteiger partial charge in [0.2, 0.25) is 0 Å². The zero-order valence-corrected chi connectivity index (χ0v) is 16.8. The second kappa shape index (κ2) is 13.0. The van der Waals surface area contributed by atoms with Crippen molar-refractivity contribution in [2.24, 2.45) is 4.99 Å². The lowest BCUT2D eigenvalue weighted by molar-refractivity contribution is 0.580. The Bertz CT molecular complexity index is 362. The Kier molecular flexibility index (Phi) is 14.7. The van der Waals surface area contributed by atoms with Gasteiger partial charge in [-0.3, -0.25) is 4.99 Å². The normalized spacial score (nSPS) is 13.5. The molecule has 0 aliphatic heterocycles. The number of guanidine groups is 1. The number of aliphatic imine (C=N–C) groups is 1. The number of nitrogens with zero attached hydrogens (tertiary/aromatic N) is 1. The zero-order valence-electron chi connectivity index (χ0n) is 12.8. The molecule has 122 valence electrons. The Labute approximate surface area is 145 Å². The summed E-state index contributed by atoms with van der Waals surface area (Å²) in [4.78, 5) is 4.13. The van der Waals surface area contributed by atoms with Crippen molar-refractivity contribution in [1.29, 1.82) is 0 Å². The first-order valence-corrected chi connectivity index (χ1v) is 9.98. The molecule has 0 rings (SSSR count). The van der Waals surface area contributed by atoms with E-state index in [1.54, 1.807) is 7.05 Å². The summed E-state index contributed by atoms with van der Waals surface area (Å²) in [6.07, 6.45) is 6.26. The van der Waals surface area contributed by atoms with E-state index in [4.69, 9.17) is 0 Å². The molecule has 1 atom stereocenters.